The molecule has 0 unspecified atom stereocenters. The normalized spacial score (nSPS) is 10.3. The van der Waals surface area contributed by atoms with Gasteiger partial charge in [-0.25, -0.2) is 0 Å². The molecule has 0 fully saturated rings. The lowest BCUT2D eigenvalue weighted by Gasteiger charge is -2.10. The summed E-state index contributed by atoms with van der Waals surface area (Å²) in [6.45, 7) is 1.96. The Morgan fingerprint density at radius 2 is 1.62 bits per heavy atom. The lowest BCUT2D eigenvalue weighted by atomic mass is 10.1. The first-order chi connectivity index (χ1) is 12.7. The average molecular weight is 347 g/mol. The highest BCUT2D eigenvalue weighted by molar-refractivity contribution is 5.99. The molecule has 5 nitrogen and oxygen atoms in total. The standard InChI is InChI=1S/C21H21N3O2/c1-2-16-7-3-4-8-19(16)23-20(25)15-22-21(26)17-9-11-18(12-10-17)24-13-5-6-14-24/h3-14H,2,15H2,1H3,(H,22,26)(H,23,25). The Morgan fingerprint density at radius 1 is 0.923 bits per heavy atom. The highest BCUT2D eigenvalue weighted by Crippen LogP contribution is 2.15. The van der Waals surface area contributed by atoms with Gasteiger partial charge in [0.05, 0.1) is 6.54 Å². The first kappa shape index (κ1) is 17.5. The summed E-state index contributed by atoms with van der Waals surface area (Å²) in [7, 11) is 0. The number of nitrogens with zero attached hydrogens (tertiary/aromatic N) is 1. The lowest BCUT2D eigenvalue weighted by Crippen LogP contribution is -2.33. The Bertz CT molecular complexity index is 884. The zero-order valence-electron chi connectivity index (χ0n) is 14.6. The summed E-state index contributed by atoms with van der Waals surface area (Å²) < 4.78 is 1.96. The zero-order chi connectivity index (χ0) is 18.4. The molecule has 0 aliphatic heterocycles. The molecule has 2 amide bonds. The molecular formula is C21H21N3O2. The summed E-state index contributed by atoms with van der Waals surface area (Å²) in [5.74, 6) is -0.522. The van der Waals surface area contributed by atoms with Crippen LogP contribution in [0.25, 0.3) is 5.69 Å². The van der Waals surface area contributed by atoms with Crippen molar-refractivity contribution >= 4 is 17.5 Å². The Balaban J connectivity index is 1.55. The second-order valence-electron chi connectivity index (χ2n) is 5.88. The molecule has 0 aliphatic carbocycles. The maximum atomic E-state index is 12.2. The van der Waals surface area contributed by atoms with E-state index < -0.39 is 0 Å². The minimum absolute atomic E-state index is 0.0732. The van der Waals surface area contributed by atoms with Gasteiger partial charge in [-0.15, -0.1) is 0 Å². The van der Waals surface area contributed by atoms with Crippen LogP contribution in [-0.4, -0.2) is 22.9 Å². The van der Waals surface area contributed by atoms with Gasteiger partial charge in [-0.05, 0) is 54.4 Å². The van der Waals surface area contributed by atoms with Gasteiger partial charge in [0, 0.05) is 29.3 Å². The second kappa shape index (κ2) is 8.16. The van der Waals surface area contributed by atoms with Crippen molar-refractivity contribution in [3.63, 3.8) is 0 Å². The zero-order valence-corrected chi connectivity index (χ0v) is 14.6. The average Bonchev–Trinajstić information content (AvgIpc) is 3.21. The van der Waals surface area contributed by atoms with Crippen molar-refractivity contribution in [2.45, 2.75) is 13.3 Å². The van der Waals surface area contributed by atoms with Crippen molar-refractivity contribution in [2.24, 2.45) is 0 Å². The van der Waals surface area contributed by atoms with Crippen molar-refractivity contribution in [3.8, 4) is 5.69 Å². The van der Waals surface area contributed by atoms with E-state index in [0.29, 0.717) is 5.56 Å². The van der Waals surface area contributed by atoms with Gasteiger partial charge < -0.3 is 15.2 Å². The number of aryl methyl sites for hydroxylation is 1. The lowest BCUT2D eigenvalue weighted by molar-refractivity contribution is -0.115. The predicted octanol–water partition coefficient (Wildman–Crippen LogP) is 3.41. The molecule has 0 saturated carbocycles. The molecule has 0 saturated heterocycles. The van der Waals surface area contributed by atoms with Gasteiger partial charge in [0.1, 0.15) is 0 Å². The molecule has 1 heterocycles. The van der Waals surface area contributed by atoms with Crippen molar-refractivity contribution < 1.29 is 9.59 Å². The number of carbonyl (C=O) groups excluding carboxylic acids is 2. The number of nitrogens with one attached hydrogen (secondary N) is 2. The molecule has 3 rings (SSSR count). The Hall–Kier alpha value is -3.34. The quantitative estimate of drug-likeness (QED) is 0.718. The number of amides is 2. The van der Waals surface area contributed by atoms with E-state index in [9.17, 15) is 9.59 Å². The number of aromatic nitrogens is 1. The van der Waals surface area contributed by atoms with E-state index in [1.54, 1.807) is 12.1 Å². The topological polar surface area (TPSA) is 63.1 Å². The van der Waals surface area contributed by atoms with Crippen LogP contribution >= 0.6 is 0 Å². The molecule has 0 bridgehead atoms. The Labute approximate surface area is 152 Å². The van der Waals surface area contributed by atoms with E-state index >= 15 is 0 Å². The molecule has 132 valence electrons. The third-order valence-corrected chi connectivity index (χ3v) is 4.11. The van der Waals surface area contributed by atoms with Gasteiger partial charge >= 0.3 is 0 Å². The number of benzene rings is 2. The molecule has 3 aromatic rings. The third-order valence-electron chi connectivity index (χ3n) is 4.11. The largest absolute Gasteiger partial charge is 0.343 e. The SMILES string of the molecule is CCc1ccccc1NC(=O)CNC(=O)c1ccc(-n2cccc2)cc1. The summed E-state index contributed by atoms with van der Waals surface area (Å²) >= 11 is 0. The van der Waals surface area contributed by atoms with Gasteiger partial charge in [0.15, 0.2) is 0 Å². The molecule has 0 radical (unpaired) electrons. The molecule has 0 atom stereocenters. The fourth-order valence-electron chi connectivity index (χ4n) is 2.70. The van der Waals surface area contributed by atoms with Crippen LogP contribution in [0.2, 0.25) is 0 Å². The minimum Gasteiger partial charge on any atom is -0.343 e. The van der Waals surface area contributed by atoms with Crippen LogP contribution in [0.15, 0.2) is 73.1 Å². The summed E-state index contributed by atoms with van der Waals surface area (Å²) in [4.78, 5) is 24.3. The van der Waals surface area contributed by atoms with Gasteiger partial charge in [-0.2, -0.15) is 0 Å². The van der Waals surface area contributed by atoms with Crippen LogP contribution in [-0.2, 0) is 11.2 Å². The van der Waals surface area contributed by atoms with E-state index in [0.717, 1.165) is 23.4 Å². The number of para-hydroxylation sites is 1. The van der Waals surface area contributed by atoms with Crippen molar-refractivity contribution in [1.29, 1.82) is 0 Å². The third kappa shape index (κ3) is 4.19. The van der Waals surface area contributed by atoms with Crippen LogP contribution < -0.4 is 10.6 Å². The van der Waals surface area contributed by atoms with E-state index in [-0.39, 0.29) is 18.4 Å². The molecule has 2 aromatic carbocycles. The second-order valence-corrected chi connectivity index (χ2v) is 5.88. The molecule has 2 N–H and O–H groups in total. The van der Waals surface area contributed by atoms with Crippen LogP contribution in [0.3, 0.4) is 0 Å². The van der Waals surface area contributed by atoms with E-state index in [1.165, 1.54) is 0 Å². The molecular weight excluding hydrogens is 326 g/mol. The van der Waals surface area contributed by atoms with E-state index in [2.05, 4.69) is 10.6 Å². The van der Waals surface area contributed by atoms with Gasteiger partial charge in [-0.1, -0.05) is 25.1 Å². The molecule has 26 heavy (non-hydrogen) atoms. The maximum absolute atomic E-state index is 12.2. The minimum atomic E-state index is -0.275. The first-order valence-electron chi connectivity index (χ1n) is 8.56. The van der Waals surface area contributed by atoms with Gasteiger partial charge in [0.25, 0.3) is 5.91 Å². The Kier molecular flexibility index (Phi) is 5.49. The smallest absolute Gasteiger partial charge is 0.251 e. The molecule has 5 heteroatoms. The first-order valence-corrected chi connectivity index (χ1v) is 8.56. The fraction of sp³-hybridized carbons (Fsp3) is 0.143. The van der Waals surface area contributed by atoms with Crippen molar-refractivity contribution in [1.82, 2.24) is 9.88 Å². The predicted molar refractivity (Wildman–Crippen MR) is 103 cm³/mol. The summed E-state index contributed by atoms with van der Waals surface area (Å²) in [5.41, 5.74) is 3.33. The molecule has 1 aromatic heterocycles. The summed E-state index contributed by atoms with van der Waals surface area (Å²) in [6, 6.07) is 18.8. The fourth-order valence-corrected chi connectivity index (χ4v) is 2.70. The number of anilines is 1. The summed E-state index contributed by atoms with van der Waals surface area (Å²) in [5, 5.41) is 5.49. The number of hydrogen-bond acceptors (Lipinski definition) is 2. The van der Waals surface area contributed by atoms with Crippen molar-refractivity contribution in [3.05, 3.63) is 84.2 Å². The van der Waals surface area contributed by atoms with Crippen molar-refractivity contribution in [2.75, 3.05) is 11.9 Å². The Morgan fingerprint density at radius 3 is 2.31 bits per heavy atom. The van der Waals surface area contributed by atoms with Crippen LogP contribution in [0.5, 0.6) is 0 Å². The van der Waals surface area contributed by atoms with Gasteiger partial charge in [-0.3, -0.25) is 9.59 Å². The highest BCUT2D eigenvalue weighted by atomic mass is 16.2. The highest BCUT2D eigenvalue weighted by Gasteiger charge is 2.09. The van der Waals surface area contributed by atoms with Crippen LogP contribution in [0, 0.1) is 0 Å². The number of rotatable bonds is 6. The monoisotopic (exact) mass is 347 g/mol. The summed E-state index contributed by atoms with van der Waals surface area (Å²) in [6.07, 6.45) is 4.71. The van der Waals surface area contributed by atoms with E-state index in [1.807, 2.05) is 72.4 Å². The number of hydrogen-bond donors (Lipinski definition) is 2. The maximum Gasteiger partial charge on any atom is 0.251 e. The van der Waals surface area contributed by atoms with E-state index in [4.69, 9.17) is 0 Å². The van der Waals surface area contributed by atoms with Crippen LogP contribution in [0.1, 0.15) is 22.8 Å². The molecule has 0 spiro atoms. The van der Waals surface area contributed by atoms with Gasteiger partial charge in [0.2, 0.25) is 5.91 Å². The van der Waals surface area contributed by atoms with Crippen LogP contribution in [0.4, 0.5) is 5.69 Å². The number of carbonyl (C=O) groups is 2. The molecule has 0 aliphatic rings.